The average molecular weight is 293 g/mol. The Labute approximate surface area is 129 Å². The summed E-state index contributed by atoms with van der Waals surface area (Å²) in [5, 5.41) is 1.01. The van der Waals surface area contributed by atoms with E-state index in [1.165, 1.54) is 25.9 Å². The Balaban J connectivity index is 1.56. The quantitative estimate of drug-likeness (QED) is 0.809. The smallest absolute Gasteiger partial charge is 0.255 e. The maximum atomic E-state index is 13.1. The topological polar surface area (TPSA) is 36.4 Å². The lowest BCUT2D eigenvalue weighted by Crippen LogP contribution is -2.57. The van der Waals surface area contributed by atoms with Gasteiger partial charge in [0.25, 0.3) is 5.91 Å². The minimum atomic E-state index is 0.215. The number of nitrogens with zero attached hydrogens (tertiary/aromatic N) is 3. The normalized spacial score (nSPS) is 30.1. The van der Waals surface area contributed by atoms with Crippen molar-refractivity contribution >= 4 is 16.8 Å². The molecule has 3 saturated heterocycles. The minimum absolute atomic E-state index is 0.215. The van der Waals surface area contributed by atoms with Gasteiger partial charge in [0.2, 0.25) is 0 Å². The zero-order valence-corrected chi connectivity index (χ0v) is 12.5. The Bertz CT molecular complexity index is 764. The van der Waals surface area contributed by atoms with Crippen molar-refractivity contribution in [2.75, 3.05) is 19.6 Å². The van der Waals surface area contributed by atoms with Crippen LogP contribution in [0.25, 0.3) is 10.9 Å². The summed E-state index contributed by atoms with van der Waals surface area (Å²) in [6.45, 7) is 4.21. The van der Waals surface area contributed by atoms with Crippen molar-refractivity contribution in [3.05, 3.63) is 41.6 Å². The van der Waals surface area contributed by atoms with Crippen molar-refractivity contribution in [2.24, 2.45) is 5.92 Å². The molecule has 0 spiro atoms. The van der Waals surface area contributed by atoms with Crippen molar-refractivity contribution in [1.82, 2.24) is 14.8 Å². The third-order valence-electron chi connectivity index (χ3n) is 5.69. The van der Waals surface area contributed by atoms with Crippen LogP contribution in [0, 0.1) is 5.92 Å². The van der Waals surface area contributed by atoms with E-state index in [0.29, 0.717) is 12.0 Å². The first-order valence-corrected chi connectivity index (χ1v) is 8.21. The number of fused-ring (bicyclic) bond motifs is 6. The monoisotopic (exact) mass is 293 g/mol. The summed E-state index contributed by atoms with van der Waals surface area (Å²) in [6.07, 6.45) is 4.38. The number of pyridine rings is 1. The molecule has 0 aliphatic carbocycles. The van der Waals surface area contributed by atoms with Crippen LogP contribution in [-0.2, 0) is 6.54 Å². The van der Waals surface area contributed by atoms with Gasteiger partial charge in [-0.25, -0.2) is 0 Å². The number of amides is 1. The zero-order chi connectivity index (χ0) is 14.7. The summed E-state index contributed by atoms with van der Waals surface area (Å²) in [7, 11) is 0. The Morgan fingerprint density at radius 3 is 2.73 bits per heavy atom. The Morgan fingerprint density at radius 2 is 1.95 bits per heavy atom. The Morgan fingerprint density at radius 1 is 1.14 bits per heavy atom. The number of carbonyl (C=O) groups excluding carboxylic acids is 1. The second-order valence-electron chi connectivity index (χ2n) is 6.81. The van der Waals surface area contributed by atoms with Crippen LogP contribution in [0.1, 0.15) is 28.8 Å². The lowest BCUT2D eigenvalue weighted by molar-refractivity contribution is 0.00850. The standard InChI is InChI=1S/C18H19N3O/c22-18-17-13(9-19-15-4-2-1-3-14(15)17)10-21(18)16-11-20-7-5-12(16)6-8-20/h1-4,9,12,16H,5-8,10-11H2/t16-/m0/s1. The number of carbonyl (C=O) groups is 1. The van der Waals surface area contributed by atoms with Gasteiger partial charge in [-0.05, 0) is 37.9 Å². The second kappa shape index (κ2) is 4.53. The molecule has 1 amide bonds. The summed E-state index contributed by atoms with van der Waals surface area (Å²) in [6, 6.07) is 8.38. The SMILES string of the molecule is O=C1c2c(cnc3ccccc23)CN1[C@H]1CN2CCC1CC2. The van der Waals surface area contributed by atoms with E-state index in [1.807, 2.05) is 30.5 Å². The maximum Gasteiger partial charge on any atom is 0.255 e. The molecule has 0 radical (unpaired) electrons. The molecule has 1 atom stereocenters. The van der Waals surface area contributed by atoms with E-state index in [1.54, 1.807) is 0 Å². The zero-order valence-electron chi connectivity index (χ0n) is 12.5. The van der Waals surface area contributed by atoms with Crippen LogP contribution in [0.5, 0.6) is 0 Å². The molecule has 4 aliphatic heterocycles. The fourth-order valence-electron chi connectivity index (χ4n) is 4.51. The predicted octanol–water partition coefficient (Wildman–Crippen LogP) is 2.28. The molecular formula is C18H19N3O. The van der Waals surface area contributed by atoms with E-state index in [2.05, 4.69) is 14.8 Å². The molecule has 0 saturated carbocycles. The predicted molar refractivity (Wildman–Crippen MR) is 84.6 cm³/mol. The molecule has 22 heavy (non-hydrogen) atoms. The second-order valence-corrected chi connectivity index (χ2v) is 6.81. The minimum Gasteiger partial charge on any atom is -0.330 e. The highest BCUT2D eigenvalue weighted by Gasteiger charge is 2.42. The fraction of sp³-hybridized carbons (Fsp3) is 0.444. The number of benzene rings is 1. The van der Waals surface area contributed by atoms with Crippen molar-refractivity contribution in [3.63, 3.8) is 0 Å². The van der Waals surface area contributed by atoms with Gasteiger partial charge in [-0.15, -0.1) is 0 Å². The lowest BCUT2D eigenvalue weighted by Gasteiger charge is -2.48. The summed E-state index contributed by atoms with van der Waals surface area (Å²) in [5.41, 5.74) is 2.91. The first-order chi connectivity index (χ1) is 10.8. The van der Waals surface area contributed by atoms with Gasteiger partial charge in [0.15, 0.2) is 0 Å². The molecular weight excluding hydrogens is 274 g/mol. The van der Waals surface area contributed by atoms with Crippen LogP contribution >= 0.6 is 0 Å². The molecule has 5 heterocycles. The van der Waals surface area contributed by atoms with Crippen molar-refractivity contribution in [2.45, 2.75) is 25.4 Å². The molecule has 4 aliphatic rings. The fourth-order valence-corrected chi connectivity index (χ4v) is 4.51. The molecule has 0 unspecified atom stereocenters. The molecule has 1 aromatic carbocycles. The molecule has 3 fully saturated rings. The number of hydrogen-bond donors (Lipinski definition) is 0. The Kier molecular flexibility index (Phi) is 2.59. The molecule has 112 valence electrons. The summed E-state index contributed by atoms with van der Waals surface area (Å²) < 4.78 is 0. The number of rotatable bonds is 1. The summed E-state index contributed by atoms with van der Waals surface area (Å²) >= 11 is 0. The van der Waals surface area contributed by atoms with E-state index >= 15 is 0 Å². The van der Waals surface area contributed by atoms with Crippen LogP contribution in [0.4, 0.5) is 0 Å². The van der Waals surface area contributed by atoms with E-state index in [9.17, 15) is 4.79 Å². The highest BCUT2D eigenvalue weighted by molar-refractivity contribution is 6.09. The van der Waals surface area contributed by atoms with Gasteiger partial charge < -0.3 is 9.80 Å². The van der Waals surface area contributed by atoms with E-state index in [0.717, 1.165) is 35.1 Å². The maximum absolute atomic E-state index is 13.1. The average Bonchev–Trinajstić information content (AvgIpc) is 2.93. The highest BCUT2D eigenvalue weighted by Crippen LogP contribution is 2.37. The van der Waals surface area contributed by atoms with Gasteiger partial charge in [0.1, 0.15) is 0 Å². The van der Waals surface area contributed by atoms with Gasteiger partial charge in [0.05, 0.1) is 11.1 Å². The first kappa shape index (κ1) is 12.6. The number of aromatic nitrogens is 1. The highest BCUT2D eigenvalue weighted by atomic mass is 16.2. The largest absolute Gasteiger partial charge is 0.330 e. The van der Waals surface area contributed by atoms with Gasteiger partial charge in [-0.2, -0.15) is 0 Å². The Hall–Kier alpha value is -1.94. The van der Waals surface area contributed by atoms with Crippen molar-refractivity contribution < 1.29 is 4.79 Å². The third-order valence-corrected chi connectivity index (χ3v) is 5.69. The first-order valence-electron chi connectivity index (χ1n) is 8.21. The number of hydrogen-bond acceptors (Lipinski definition) is 3. The lowest BCUT2D eigenvalue weighted by atomic mass is 9.83. The molecule has 2 bridgehead atoms. The van der Waals surface area contributed by atoms with Gasteiger partial charge in [0, 0.05) is 36.3 Å². The molecule has 2 aromatic rings. The third kappa shape index (κ3) is 1.67. The van der Waals surface area contributed by atoms with Gasteiger partial charge in [-0.1, -0.05) is 18.2 Å². The van der Waals surface area contributed by atoms with Crippen LogP contribution < -0.4 is 0 Å². The van der Waals surface area contributed by atoms with Gasteiger partial charge in [-0.3, -0.25) is 9.78 Å². The van der Waals surface area contributed by atoms with Crippen molar-refractivity contribution in [1.29, 1.82) is 0 Å². The molecule has 4 heteroatoms. The van der Waals surface area contributed by atoms with Gasteiger partial charge >= 0.3 is 0 Å². The van der Waals surface area contributed by atoms with Crippen LogP contribution in [0.15, 0.2) is 30.5 Å². The molecule has 0 N–H and O–H groups in total. The number of para-hydroxylation sites is 1. The van der Waals surface area contributed by atoms with E-state index in [4.69, 9.17) is 0 Å². The molecule has 4 nitrogen and oxygen atoms in total. The van der Waals surface area contributed by atoms with Crippen LogP contribution in [-0.4, -0.2) is 46.4 Å². The van der Waals surface area contributed by atoms with Crippen LogP contribution in [0.3, 0.4) is 0 Å². The van der Waals surface area contributed by atoms with E-state index in [-0.39, 0.29) is 5.91 Å². The molecule has 6 rings (SSSR count). The van der Waals surface area contributed by atoms with E-state index < -0.39 is 0 Å². The number of piperidine rings is 3. The molecule has 1 aromatic heterocycles. The summed E-state index contributed by atoms with van der Waals surface area (Å²) in [5.74, 6) is 0.898. The van der Waals surface area contributed by atoms with Crippen molar-refractivity contribution in [3.8, 4) is 0 Å². The van der Waals surface area contributed by atoms with Crippen LogP contribution in [0.2, 0.25) is 0 Å². The summed E-state index contributed by atoms with van der Waals surface area (Å²) in [4.78, 5) is 22.2.